The maximum Gasteiger partial charge on any atom is 0.268 e. The van der Waals surface area contributed by atoms with E-state index in [1.54, 1.807) is 0 Å². The lowest BCUT2D eigenvalue weighted by atomic mass is 9.96. The number of carbonyl (C=O) groups is 1. The van der Waals surface area contributed by atoms with Crippen molar-refractivity contribution in [1.29, 1.82) is 0 Å². The lowest BCUT2D eigenvalue weighted by Crippen LogP contribution is -2.29. The lowest BCUT2D eigenvalue weighted by molar-refractivity contribution is -0.122. The minimum atomic E-state index is -0.167. The number of benzene rings is 1. The molecular weight excluding hydrogens is 310 g/mol. The van der Waals surface area contributed by atoms with Gasteiger partial charge >= 0.3 is 0 Å². The number of carbonyl (C=O) groups excluding carboxylic acids is 1. The number of hydrogen-bond acceptors (Lipinski definition) is 5. The molecule has 0 saturated heterocycles. The Labute approximate surface area is 138 Å². The van der Waals surface area contributed by atoms with Gasteiger partial charge in [-0.3, -0.25) is 4.79 Å². The predicted molar refractivity (Wildman–Crippen MR) is 88.9 cm³/mol. The summed E-state index contributed by atoms with van der Waals surface area (Å²) in [4.78, 5) is 17.6. The van der Waals surface area contributed by atoms with Crippen LogP contribution in [0.1, 0.15) is 30.7 Å². The van der Waals surface area contributed by atoms with E-state index in [4.69, 9.17) is 4.52 Å². The van der Waals surface area contributed by atoms with E-state index in [0.29, 0.717) is 11.7 Å². The van der Waals surface area contributed by atoms with Crippen LogP contribution in [0, 0.1) is 0 Å². The summed E-state index contributed by atoms with van der Waals surface area (Å²) in [6.07, 6.45) is 0.739. The molecule has 0 bridgehead atoms. The summed E-state index contributed by atoms with van der Waals surface area (Å²) in [5, 5.41) is 8.75. The van der Waals surface area contributed by atoms with E-state index in [9.17, 15) is 4.79 Å². The van der Waals surface area contributed by atoms with Gasteiger partial charge in [0.1, 0.15) is 0 Å². The van der Waals surface area contributed by atoms with Crippen LogP contribution in [0.3, 0.4) is 0 Å². The summed E-state index contributed by atoms with van der Waals surface area (Å²) in [5.74, 6) is 0.769. The van der Waals surface area contributed by atoms with Gasteiger partial charge in [0.25, 0.3) is 5.89 Å². The number of nitrogens with one attached hydrogen (secondary N) is 1. The third-order valence-corrected chi connectivity index (χ3v) is 4.41. The summed E-state index contributed by atoms with van der Waals surface area (Å²) in [5.41, 5.74) is 1.01. The molecule has 1 atom stereocenters. The summed E-state index contributed by atoms with van der Waals surface area (Å²) in [7, 11) is 0. The topological polar surface area (TPSA) is 68.0 Å². The van der Waals surface area contributed by atoms with Gasteiger partial charge in [-0.15, -0.1) is 11.3 Å². The fraction of sp³-hybridized carbons (Fsp3) is 0.235. The molecule has 0 fully saturated rings. The molecule has 0 radical (unpaired) electrons. The highest BCUT2D eigenvalue weighted by Crippen LogP contribution is 2.22. The average Bonchev–Trinajstić information content (AvgIpc) is 3.26. The second-order valence-corrected chi connectivity index (χ2v) is 6.03. The molecule has 3 rings (SSSR count). The fourth-order valence-corrected chi connectivity index (χ4v) is 3.02. The third kappa shape index (κ3) is 3.65. The number of aromatic nitrogens is 2. The first-order valence-corrected chi connectivity index (χ1v) is 8.35. The van der Waals surface area contributed by atoms with Gasteiger partial charge in [0.2, 0.25) is 5.91 Å². The Kier molecular flexibility index (Phi) is 4.83. The molecule has 0 saturated carbocycles. The number of thiophene rings is 1. The first-order chi connectivity index (χ1) is 11.3. The van der Waals surface area contributed by atoms with Crippen molar-refractivity contribution in [2.24, 2.45) is 0 Å². The molecular formula is C17H17N3O2S. The molecule has 1 unspecified atom stereocenters. The van der Waals surface area contributed by atoms with Crippen LogP contribution < -0.4 is 5.32 Å². The first kappa shape index (κ1) is 15.4. The molecule has 0 aliphatic heterocycles. The molecule has 0 aliphatic carbocycles. The van der Waals surface area contributed by atoms with E-state index in [1.165, 1.54) is 11.3 Å². The monoisotopic (exact) mass is 327 g/mol. The predicted octanol–water partition coefficient (Wildman–Crippen LogP) is 3.61. The number of amides is 1. The van der Waals surface area contributed by atoms with Crippen LogP contribution >= 0.6 is 11.3 Å². The quantitative estimate of drug-likeness (QED) is 0.751. The van der Waals surface area contributed by atoms with Gasteiger partial charge in [0, 0.05) is 0 Å². The number of nitrogens with zero attached hydrogens (tertiary/aromatic N) is 2. The van der Waals surface area contributed by atoms with Crippen molar-refractivity contribution in [1.82, 2.24) is 15.5 Å². The highest BCUT2D eigenvalue weighted by atomic mass is 32.1. The second kappa shape index (κ2) is 7.19. The van der Waals surface area contributed by atoms with Crippen LogP contribution in [0.5, 0.6) is 0 Å². The Bertz CT molecular complexity index is 753. The van der Waals surface area contributed by atoms with Gasteiger partial charge in [-0.25, -0.2) is 0 Å². The largest absolute Gasteiger partial charge is 0.348 e. The molecule has 6 heteroatoms. The molecule has 0 spiro atoms. The van der Waals surface area contributed by atoms with Crippen molar-refractivity contribution in [3.63, 3.8) is 0 Å². The first-order valence-electron chi connectivity index (χ1n) is 7.47. The minimum absolute atomic E-state index is 0.0267. The van der Waals surface area contributed by atoms with Gasteiger partial charge in [-0.2, -0.15) is 4.98 Å². The van der Waals surface area contributed by atoms with Gasteiger partial charge in [0.05, 0.1) is 17.3 Å². The smallest absolute Gasteiger partial charge is 0.268 e. The van der Waals surface area contributed by atoms with Crippen molar-refractivity contribution < 1.29 is 9.32 Å². The Balaban J connectivity index is 1.62. The van der Waals surface area contributed by atoms with Crippen LogP contribution in [-0.4, -0.2) is 16.0 Å². The Morgan fingerprint density at radius 3 is 2.78 bits per heavy atom. The molecule has 5 nitrogen and oxygen atoms in total. The van der Waals surface area contributed by atoms with Gasteiger partial charge in [0.15, 0.2) is 5.82 Å². The van der Waals surface area contributed by atoms with Crippen molar-refractivity contribution >= 4 is 17.2 Å². The second-order valence-electron chi connectivity index (χ2n) is 5.08. The highest BCUT2D eigenvalue weighted by molar-refractivity contribution is 7.13. The van der Waals surface area contributed by atoms with Gasteiger partial charge in [-0.05, 0) is 23.4 Å². The van der Waals surface area contributed by atoms with E-state index in [1.807, 2.05) is 54.8 Å². The molecule has 1 N–H and O–H groups in total. The Morgan fingerprint density at radius 2 is 2.09 bits per heavy atom. The van der Waals surface area contributed by atoms with Crippen molar-refractivity contribution in [3.05, 3.63) is 59.2 Å². The Morgan fingerprint density at radius 1 is 1.26 bits per heavy atom. The lowest BCUT2D eigenvalue weighted by Gasteiger charge is -2.14. The zero-order chi connectivity index (χ0) is 16.1. The molecule has 118 valence electrons. The van der Waals surface area contributed by atoms with Crippen LogP contribution in [0.15, 0.2) is 52.4 Å². The molecule has 23 heavy (non-hydrogen) atoms. The normalized spacial score (nSPS) is 12.0. The molecule has 3 aromatic rings. The van der Waals surface area contributed by atoms with Crippen molar-refractivity contribution in [3.8, 4) is 10.8 Å². The van der Waals surface area contributed by atoms with E-state index in [0.717, 1.165) is 16.9 Å². The van der Waals surface area contributed by atoms with Crippen molar-refractivity contribution in [2.75, 3.05) is 0 Å². The Hall–Kier alpha value is -2.47. The third-order valence-electron chi connectivity index (χ3n) is 3.55. The standard InChI is InChI=1S/C17H17N3O2S/c1-2-13(12-7-4-3-5-8-12)16(21)18-11-15-19-17(22-20-15)14-9-6-10-23-14/h3-10,13H,2,11H2,1H3,(H,18,21). The SMILES string of the molecule is CCC(C(=O)NCc1noc(-c2cccs2)n1)c1ccccc1. The highest BCUT2D eigenvalue weighted by Gasteiger charge is 2.19. The van der Waals surface area contributed by atoms with E-state index < -0.39 is 0 Å². The summed E-state index contributed by atoms with van der Waals surface area (Å²) in [6, 6.07) is 13.6. The molecule has 1 aromatic carbocycles. The van der Waals surface area contributed by atoms with Crippen molar-refractivity contribution in [2.45, 2.75) is 25.8 Å². The van der Waals surface area contributed by atoms with Crippen LogP contribution in [0.2, 0.25) is 0 Å². The molecule has 0 aliphatic rings. The summed E-state index contributed by atoms with van der Waals surface area (Å²) < 4.78 is 5.21. The molecule has 2 heterocycles. The van der Waals surface area contributed by atoms with Crippen LogP contribution in [0.4, 0.5) is 0 Å². The molecule has 2 aromatic heterocycles. The van der Waals surface area contributed by atoms with E-state index >= 15 is 0 Å². The van der Waals surface area contributed by atoms with Crippen LogP contribution in [0.25, 0.3) is 10.8 Å². The van der Waals surface area contributed by atoms with Crippen LogP contribution in [-0.2, 0) is 11.3 Å². The van der Waals surface area contributed by atoms with Gasteiger partial charge < -0.3 is 9.84 Å². The zero-order valence-electron chi connectivity index (χ0n) is 12.7. The maximum atomic E-state index is 12.4. The average molecular weight is 327 g/mol. The zero-order valence-corrected chi connectivity index (χ0v) is 13.5. The summed E-state index contributed by atoms with van der Waals surface area (Å²) >= 11 is 1.54. The number of hydrogen-bond donors (Lipinski definition) is 1. The fourth-order valence-electron chi connectivity index (χ4n) is 2.37. The number of rotatable bonds is 6. The maximum absolute atomic E-state index is 12.4. The van der Waals surface area contributed by atoms with Gasteiger partial charge in [-0.1, -0.05) is 48.5 Å². The van der Waals surface area contributed by atoms with E-state index in [2.05, 4.69) is 15.5 Å². The molecule has 1 amide bonds. The van der Waals surface area contributed by atoms with E-state index in [-0.39, 0.29) is 18.4 Å². The minimum Gasteiger partial charge on any atom is -0.348 e. The summed E-state index contributed by atoms with van der Waals surface area (Å²) in [6.45, 7) is 2.26.